The number of carbonyl (C=O) groups excluding carboxylic acids is 3. The molecule has 1 aromatic heterocycles. The molecule has 1 saturated heterocycles. The lowest BCUT2D eigenvalue weighted by molar-refractivity contribution is -0.138. The Labute approximate surface area is 197 Å². The van der Waals surface area contributed by atoms with Crippen molar-refractivity contribution in [3.8, 4) is 11.1 Å². The third kappa shape index (κ3) is 6.53. The quantitative estimate of drug-likeness (QED) is 0.606. The fraction of sp³-hybridized carbons (Fsp3) is 0.375. The molecule has 10 heteroatoms. The van der Waals surface area contributed by atoms with Crippen molar-refractivity contribution in [3.63, 3.8) is 0 Å². The molecule has 10 nitrogen and oxygen atoms in total. The van der Waals surface area contributed by atoms with Crippen LogP contribution in [0.1, 0.15) is 30.3 Å². The summed E-state index contributed by atoms with van der Waals surface area (Å²) in [5.41, 5.74) is 1.84. The largest absolute Gasteiger partial charge is 0.481 e. The Balaban J connectivity index is 1.69. The molecule has 0 bridgehead atoms. The highest BCUT2D eigenvalue weighted by Crippen LogP contribution is 2.19. The third-order valence-corrected chi connectivity index (χ3v) is 5.47. The Hall–Kier alpha value is -3.95. The smallest absolute Gasteiger partial charge is 0.409 e. The van der Waals surface area contributed by atoms with Crippen LogP contribution in [0.5, 0.6) is 0 Å². The molecule has 3 rings (SSSR count). The molecule has 3 amide bonds. The fourth-order valence-electron chi connectivity index (χ4n) is 3.67. The van der Waals surface area contributed by atoms with E-state index in [1.54, 1.807) is 19.1 Å². The predicted molar refractivity (Wildman–Crippen MR) is 123 cm³/mol. The van der Waals surface area contributed by atoms with E-state index >= 15 is 0 Å². The number of nitrogens with one attached hydrogen (secondary N) is 1. The van der Waals surface area contributed by atoms with E-state index in [-0.39, 0.29) is 38.2 Å². The number of piperazine rings is 1. The van der Waals surface area contributed by atoms with E-state index in [2.05, 4.69) is 10.3 Å². The summed E-state index contributed by atoms with van der Waals surface area (Å²) in [5, 5.41) is 11.8. The molecule has 1 aromatic carbocycles. The Morgan fingerprint density at radius 1 is 1.03 bits per heavy atom. The summed E-state index contributed by atoms with van der Waals surface area (Å²) < 4.78 is 4.99. The maximum absolute atomic E-state index is 13.1. The van der Waals surface area contributed by atoms with Crippen LogP contribution in [0.25, 0.3) is 11.1 Å². The summed E-state index contributed by atoms with van der Waals surface area (Å²) in [5.74, 6) is -2.02. The topological polar surface area (TPSA) is 129 Å². The maximum atomic E-state index is 13.1. The van der Waals surface area contributed by atoms with Gasteiger partial charge in [-0.2, -0.15) is 0 Å². The second-order valence-corrected chi connectivity index (χ2v) is 7.77. The van der Waals surface area contributed by atoms with Crippen LogP contribution in [0.4, 0.5) is 4.79 Å². The van der Waals surface area contributed by atoms with E-state index in [1.165, 1.54) is 16.0 Å². The molecule has 1 fully saturated rings. The summed E-state index contributed by atoms with van der Waals surface area (Å²) in [4.78, 5) is 56.2. The van der Waals surface area contributed by atoms with E-state index in [9.17, 15) is 19.2 Å². The van der Waals surface area contributed by atoms with Gasteiger partial charge < -0.3 is 25.0 Å². The van der Waals surface area contributed by atoms with Crippen LogP contribution in [0.2, 0.25) is 0 Å². The van der Waals surface area contributed by atoms with Crippen LogP contribution in [-0.4, -0.2) is 82.6 Å². The van der Waals surface area contributed by atoms with Crippen LogP contribution in [0.15, 0.2) is 48.7 Å². The Bertz CT molecular complexity index is 1020. The van der Waals surface area contributed by atoms with Crippen molar-refractivity contribution in [1.29, 1.82) is 0 Å². The van der Waals surface area contributed by atoms with Crippen LogP contribution in [0, 0.1) is 0 Å². The van der Waals surface area contributed by atoms with Crippen molar-refractivity contribution >= 4 is 23.9 Å². The molecule has 2 N–H and O–H groups in total. The van der Waals surface area contributed by atoms with Crippen LogP contribution in [0.3, 0.4) is 0 Å². The van der Waals surface area contributed by atoms with Crippen molar-refractivity contribution in [3.05, 3.63) is 54.4 Å². The number of nitrogens with zero attached hydrogens (tertiary/aromatic N) is 3. The molecule has 0 spiro atoms. The van der Waals surface area contributed by atoms with Gasteiger partial charge in [0.05, 0.1) is 6.61 Å². The van der Waals surface area contributed by atoms with Crippen molar-refractivity contribution in [2.24, 2.45) is 0 Å². The number of ether oxygens (including phenoxy) is 1. The van der Waals surface area contributed by atoms with E-state index in [0.29, 0.717) is 13.1 Å². The summed E-state index contributed by atoms with van der Waals surface area (Å²) >= 11 is 0. The zero-order valence-electron chi connectivity index (χ0n) is 19.0. The van der Waals surface area contributed by atoms with Crippen LogP contribution < -0.4 is 5.32 Å². The third-order valence-electron chi connectivity index (χ3n) is 5.47. The van der Waals surface area contributed by atoms with Crippen molar-refractivity contribution in [1.82, 2.24) is 20.1 Å². The summed E-state index contributed by atoms with van der Waals surface area (Å²) in [6.45, 7) is 3.10. The van der Waals surface area contributed by atoms with Crippen molar-refractivity contribution < 1.29 is 29.0 Å². The first-order valence-corrected chi connectivity index (χ1v) is 11.1. The van der Waals surface area contributed by atoms with Gasteiger partial charge in [0.1, 0.15) is 11.7 Å². The highest BCUT2D eigenvalue weighted by molar-refractivity contribution is 5.97. The van der Waals surface area contributed by atoms with E-state index in [1.807, 2.05) is 30.3 Å². The summed E-state index contributed by atoms with van der Waals surface area (Å²) in [6, 6.07) is 11.9. The van der Waals surface area contributed by atoms with Gasteiger partial charge in [-0.25, -0.2) is 4.79 Å². The first-order valence-electron chi connectivity index (χ1n) is 11.1. The minimum Gasteiger partial charge on any atom is -0.481 e. The molecule has 1 aliphatic heterocycles. The van der Waals surface area contributed by atoms with Crippen LogP contribution >= 0.6 is 0 Å². The molecule has 34 heavy (non-hydrogen) atoms. The average molecular weight is 469 g/mol. The van der Waals surface area contributed by atoms with Gasteiger partial charge in [0.25, 0.3) is 5.91 Å². The first kappa shape index (κ1) is 24.7. The van der Waals surface area contributed by atoms with Crippen molar-refractivity contribution in [2.75, 3.05) is 32.8 Å². The average Bonchev–Trinajstić information content (AvgIpc) is 2.86. The number of amides is 3. The Kier molecular flexibility index (Phi) is 8.55. The fourth-order valence-corrected chi connectivity index (χ4v) is 3.67. The Morgan fingerprint density at radius 2 is 1.71 bits per heavy atom. The minimum absolute atomic E-state index is 0.0592. The first-order chi connectivity index (χ1) is 16.4. The monoisotopic (exact) mass is 468 g/mol. The van der Waals surface area contributed by atoms with Gasteiger partial charge in [-0.05, 0) is 36.6 Å². The summed E-state index contributed by atoms with van der Waals surface area (Å²) in [6.07, 6.45) is 0.738. The number of carbonyl (C=O) groups is 4. The molecule has 2 aromatic rings. The van der Waals surface area contributed by atoms with Gasteiger partial charge in [0.15, 0.2) is 0 Å². The molecular weight excluding hydrogens is 440 g/mol. The molecular formula is C24H28N4O6. The number of benzene rings is 1. The maximum Gasteiger partial charge on any atom is 0.409 e. The number of aliphatic carboxylic acids is 1. The number of carboxylic acid groups (broad SMARTS) is 1. The van der Waals surface area contributed by atoms with E-state index < -0.39 is 29.9 Å². The van der Waals surface area contributed by atoms with Crippen molar-refractivity contribution in [2.45, 2.75) is 25.8 Å². The van der Waals surface area contributed by atoms with Gasteiger partial charge >= 0.3 is 12.1 Å². The highest BCUT2D eigenvalue weighted by Gasteiger charge is 2.31. The molecule has 1 aliphatic rings. The standard InChI is InChI=1S/C24H28N4O6/c1-2-34-24(33)28-14-12-27(13-15-28)23(32)19(8-9-21(29)30)26-22(31)20-16-18(10-11-25-20)17-6-4-3-5-7-17/h3-7,10-11,16,19H,2,8-9,12-15H2,1H3,(H,26,31)(H,29,30)/t19-/m0/s1. The number of aromatic nitrogens is 1. The number of hydrogen-bond donors (Lipinski definition) is 2. The molecule has 0 unspecified atom stereocenters. The lowest BCUT2D eigenvalue weighted by Gasteiger charge is -2.35. The zero-order chi connectivity index (χ0) is 24.5. The van der Waals surface area contributed by atoms with Gasteiger partial charge in [0.2, 0.25) is 5.91 Å². The molecule has 0 aliphatic carbocycles. The van der Waals surface area contributed by atoms with Crippen LogP contribution in [-0.2, 0) is 14.3 Å². The molecule has 1 atom stereocenters. The highest BCUT2D eigenvalue weighted by atomic mass is 16.6. The minimum atomic E-state index is -1.07. The number of pyridine rings is 1. The zero-order valence-corrected chi connectivity index (χ0v) is 19.0. The Morgan fingerprint density at radius 3 is 2.35 bits per heavy atom. The predicted octanol–water partition coefficient (Wildman–Crippen LogP) is 2.01. The number of carboxylic acids is 1. The number of hydrogen-bond acceptors (Lipinski definition) is 6. The molecule has 2 heterocycles. The second kappa shape index (κ2) is 11.8. The number of rotatable bonds is 8. The van der Waals surface area contributed by atoms with Gasteiger partial charge in [0, 0.05) is 38.8 Å². The summed E-state index contributed by atoms with van der Waals surface area (Å²) in [7, 11) is 0. The van der Waals surface area contributed by atoms with Gasteiger partial charge in [-0.1, -0.05) is 30.3 Å². The normalized spacial score (nSPS) is 14.3. The molecule has 180 valence electrons. The van der Waals surface area contributed by atoms with E-state index in [0.717, 1.165) is 11.1 Å². The lowest BCUT2D eigenvalue weighted by atomic mass is 10.1. The van der Waals surface area contributed by atoms with Gasteiger partial charge in [-0.15, -0.1) is 0 Å². The molecule has 0 radical (unpaired) electrons. The van der Waals surface area contributed by atoms with E-state index in [4.69, 9.17) is 9.84 Å². The SMILES string of the molecule is CCOC(=O)N1CCN(C(=O)[C@H](CCC(=O)O)NC(=O)c2cc(-c3ccccc3)ccn2)CC1. The second-order valence-electron chi connectivity index (χ2n) is 7.77. The van der Waals surface area contributed by atoms with Gasteiger partial charge in [-0.3, -0.25) is 19.4 Å². The lowest BCUT2D eigenvalue weighted by Crippen LogP contribution is -2.56. The molecule has 0 saturated carbocycles.